The van der Waals surface area contributed by atoms with Crippen molar-refractivity contribution >= 4 is 33.8 Å². The molecule has 0 bridgehead atoms. The molecule has 1 saturated heterocycles. The maximum atomic E-state index is 12.3. The molecule has 0 aliphatic carbocycles. The molecule has 0 spiro atoms. The van der Waals surface area contributed by atoms with E-state index in [1.165, 1.54) is 11.0 Å². The molecule has 1 aliphatic heterocycles. The third kappa shape index (κ3) is 4.82. The minimum atomic E-state index is -4.87. The molecule has 8 heteroatoms. The number of halogens is 4. The van der Waals surface area contributed by atoms with Gasteiger partial charge in [0.2, 0.25) is 5.91 Å². The maximum absolute atomic E-state index is 12.3. The Labute approximate surface area is 139 Å². The zero-order chi connectivity index (χ0) is 17.0. The minimum absolute atomic E-state index is 0.0886. The highest BCUT2D eigenvalue weighted by Gasteiger charge is 2.43. The summed E-state index contributed by atoms with van der Waals surface area (Å²) in [7, 11) is 0. The smallest absolute Gasteiger partial charge is 0.336 e. The molecule has 2 rings (SSSR count). The van der Waals surface area contributed by atoms with Crippen molar-refractivity contribution in [3.05, 3.63) is 40.4 Å². The van der Waals surface area contributed by atoms with Gasteiger partial charge in [-0.2, -0.15) is 13.2 Å². The Kier molecular flexibility index (Phi) is 5.46. The Hall–Kier alpha value is -1.83. The molecule has 1 heterocycles. The second-order valence-electron chi connectivity index (χ2n) is 5.00. The number of hydrogen-bond donors (Lipinski definition) is 0. The van der Waals surface area contributed by atoms with Crippen LogP contribution in [0.5, 0.6) is 0 Å². The van der Waals surface area contributed by atoms with Crippen molar-refractivity contribution in [2.24, 2.45) is 0 Å². The summed E-state index contributed by atoms with van der Waals surface area (Å²) in [5, 5.41) is 0. The van der Waals surface area contributed by atoms with Gasteiger partial charge in [0.05, 0.1) is 0 Å². The first-order chi connectivity index (χ1) is 10.8. The standard InChI is InChI=1S/C15H14BrF3N2O2/c16-12-4-1-11(2-5-12)3-6-13(22)20-7-9-21(10-8-20)14(23)15(17,18)19/h1-6H,7-10H2/b6-3+. The second kappa shape index (κ2) is 7.16. The summed E-state index contributed by atoms with van der Waals surface area (Å²) < 4.78 is 37.9. The molecular formula is C15H14BrF3N2O2. The van der Waals surface area contributed by atoms with E-state index in [2.05, 4.69) is 15.9 Å². The van der Waals surface area contributed by atoms with Crippen LogP contribution in [-0.2, 0) is 9.59 Å². The second-order valence-corrected chi connectivity index (χ2v) is 5.92. The SMILES string of the molecule is O=C(/C=C/c1ccc(Br)cc1)N1CCN(C(=O)C(F)(F)F)CC1. The summed E-state index contributed by atoms with van der Waals surface area (Å²) >= 11 is 3.31. The van der Waals surface area contributed by atoms with E-state index >= 15 is 0 Å². The van der Waals surface area contributed by atoms with Gasteiger partial charge < -0.3 is 9.80 Å². The van der Waals surface area contributed by atoms with Gasteiger partial charge in [0.25, 0.3) is 0 Å². The van der Waals surface area contributed by atoms with Crippen molar-refractivity contribution < 1.29 is 22.8 Å². The average molecular weight is 391 g/mol. The lowest BCUT2D eigenvalue weighted by Crippen LogP contribution is -2.53. The van der Waals surface area contributed by atoms with Gasteiger partial charge in [0, 0.05) is 36.7 Å². The zero-order valence-corrected chi connectivity index (χ0v) is 13.6. The number of benzene rings is 1. The number of alkyl halides is 3. The van der Waals surface area contributed by atoms with Crippen LogP contribution in [0.25, 0.3) is 6.08 Å². The fourth-order valence-corrected chi connectivity index (χ4v) is 2.42. The third-order valence-corrected chi connectivity index (χ3v) is 3.94. The van der Waals surface area contributed by atoms with Crippen molar-refractivity contribution in [1.82, 2.24) is 9.80 Å². The molecule has 0 atom stereocenters. The molecule has 23 heavy (non-hydrogen) atoms. The fraction of sp³-hybridized carbons (Fsp3) is 0.333. The van der Waals surface area contributed by atoms with Crippen LogP contribution in [0.15, 0.2) is 34.8 Å². The molecule has 1 aromatic carbocycles. The Morgan fingerprint density at radius 2 is 1.52 bits per heavy atom. The van der Waals surface area contributed by atoms with E-state index < -0.39 is 12.1 Å². The summed E-state index contributed by atoms with van der Waals surface area (Å²) in [6.07, 6.45) is -1.85. The number of amides is 2. The predicted octanol–water partition coefficient (Wildman–Crippen LogP) is 2.70. The van der Waals surface area contributed by atoms with Gasteiger partial charge in [-0.15, -0.1) is 0 Å². The lowest BCUT2D eigenvalue weighted by atomic mass is 10.2. The molecule has 0 aromatic heterocycles. The summed E-state index contributed by atoms with van der Waals surface area (Å²) in [6, 6.07) is 7.33. The van der Waals surface area contributed by atoms with Crippen molar-refractivity contribution in [1.29, 1.82) is 0 Å². The van der Waals surface area contributed by atoms with Gasteiger partial charge in [-0.05, 0) is 23.8 Å². The first-order valence-electron chi connectivity index (χ1n) is 6.86. The van der Waals surface area contributed by atoms with Crippen LogP contribution in [-0.4, -0.2) is 54.0 Å². The van der Waals surface area contributed by atoms with Gasteiger partial charge in [-0.25, -0.2) is 0 Å². The van der Waals surface area contributed by atoms with E-state index in [-0.39, 0.29) is 32.1 Å². The third-order valence-electron chi connectivity index (χ3n) is 3.41. The van der Waals surface area contributed by atoms with Crippen molar-refractivity contribution in [2.45, 2.75) is 6.18 Å². The monoisotopic (exact) mass is 390 g/mol. The Morgan fingerprint density at radius 1 is 1.00 bits per heavy atom. The maximum Gasteiger partial charge on any atom is 0.471 e. The predicted molar refractivity (Wildman–Crippen MR) is 82.4 cm³/mol. The quantitative estimate of drug-likeness (QED) is 0.728. The van der Waals surface area contributed by atoms with Crippen LogP contribution in [0, 0.1) is 0 Å². The number of carbonyl (C=O) groups excluding carboxylic acids is 2. The van der Waals surface area contributed by atoms with E-state index in [9.17, 15) is 22.8 Å². The molecule has 0 N–H and O–H groups in total. The van der Waals surface area contributed by atoms with Crippen molar-refractivity contribution in [2.75, 3.05) is 26.2 Å². The summed E-state index contributed by atoms with van der Waals surface area (Å²) in [4.78, 5) is 25.3. The van der Waals surface area contributed by atoms with E-state index in [1.54, 1.807) is 6.08 Å². The first-order valence-corrected chi connectivity index (χ1v) is 7.65. The number of piperazine rings is 1. The number of nitrogens with zero attached hydrogens (tertiary/aromatic N) is 2. The van der Waals surface area contributed by atoms with Gasteiger partial charge in [-0.3, -0.25) is 9.59 Å². The normalized spacial score (nSPS) is 16.0. The fourth-order valence-electron chi connectivity index (χ4n) is 2.16. The van der Waals surface area contributed by atoms with Crippen LogP contribution in [0.2, 0.25) is 0 Å². The van der Waals surface area contributed by atoms with Gasteiger partial charge in [-0.1, -0.05) is 28.1 Å². The van der Waals surface area contributed by atoms with Crippen LogP contribution in [0.4, 0.5) is 13.2 Å². The topological polar surface area (TPSA) is 40.6 Å². The highest BCUT2D eigenvalue weighted by Crippen LogP contribution is 2.19. The lowest BCUT2D eigenvalue weighted by Gasteiger charge is -2.34. The molecule has 2 amide bonds. The molecule has 1 fully saturated rings. The highest BCUT2D eigenvalue weighted by atomic mass is 79.9. The van der Waals surface area contributed by atoms with Gasteiger partial charge in [0.1, 0.15) is 0 Å². The molecule has 0 saturated carbocycles. The van der Waals surface area contributed by atoms with Crippen LogP contribution in [0.3, 0.4) is 0 Å². The molecular weight excluding hydrogens is 377 g/mol. The van der Waals surface area contributed by atoms with E-state index in [0.717, 1.165) is 14.9 Å². The number of rotatable bonds is 2. The van der Waals surface area contributed by atoms with Crippen LogP contribution in [0.1, 0.15) is 5.56 Å². The van der Waals surface area contributed by atoms with Crippen LogP contribution >= 0.6 is 15.9 Å². The van der Waals surface area contributed by atoms with Gasteiger partial charge >= 0.3 is 12.1 Å². The molecule has 1 aliphatic rings. The largest absolute Gasteiger partial charge is 0.471 e. The minimum Gasteiger partial charge on any atom is -0.336 e. The van der Waals surface area contributed by atoms with Gasteiger partial charge in [0.15, 0.2) is 0 Å². The molecule has 1 aromatic rings. The molecule has 124 valence electrons. The Morgan fingerprint density at radius 3 is 2.04 bits per heavy atom. The van der Waals surface area contributed by atoms with Crippen molar-refractivity contribution in [3.63, 3.8) is 0 Å². The first kappa shape index (κ1) is 17.5. The zero-order valence-electron chi connectivity index (χ0n) is 12.0. The summed E-state index contributed by atoms with van der Waals surface area (Å²) in [5.74, 6) is -2.14. The number of carbonyl (C=O) groups is 2. The number of hydrogen-bond acceptors (Lipinski definition) is 2. The van der Waals surface area contributed by atoms with Crippen LogP contribution < -0.4 is 0 Å². The highest BCUT2D eigenvalue weighted by molar-refractivity contribution is 9.10. The summed E-state index contributed by atoms with van der Waals surface area (Å²) in [5.41, 5.74) is 0.840. The van der Waals surface area contributed by atoms with E-state index in [4.69, 9.17) is 0 Å². The van der Waals surface area contributed by atoms with E-state index in [1.807, 2.05) is 24.3 Å². The van der Waals surface area contributed by atoms with Crippen molar-refractivity contribution in [3.8, 4) is 0 Å². The molecule has 4 nitrogen and oxygen atoms in total. The molecule has 0 radical (unpaired) electrons. The molecule has 0 unspecified atom stereocenters. The van der Waals surface area contributed by atoms with E-state index in [0.29, 0.717) is 0 Å². The Bertz CT molecular complexity index is 606. The average Bonchev–Trinajstić information content (AvgIpc) is 2.52. The summed E-state index contributed by atoms with van der Waals surface area (Å²) in [6.45, 7) is -0.0525. The lowest BCUT2D eigenvalue weighted by molar-refractivity contribution is -0.187. The Balaban J connectivity index is 1.88.